The highest BCUT2D eigenvalue weighted by molar-refractivity contribution is 5.71. The normalized spacial score (nSPS) is 13.2. The fourth-order valence-corrected chi connectivity index (χ4v) is 8.33. The van der Waals surface area contributed by atoms with Crippen molar-refractivity contribution in [3.8, 4) is 0 Å². The Bertz CT molecular complexity index is 1780. The van der Waals surface area contributed by atoms with Crippen LogP contribution in [0.15, 0.2) is 158 Å². The minimum Gasteiger partial charge on any atom is -0.462 e. The number of hydrogen-bond acceptors (Lipinski definition) is 6. The monoisotopic (exact) mass is 1090 g/mol. The smallest absolute Gasteiger partial charge is 0.306 e. The van der Waals surface area contributed by atoms with E-state index in [0.29, 0.717) is 12.8 Å². The standard InChI is InChI=1S/C73H116O6/c1-4-7-10-13-16-19-22-25-27-29-30-31-32-33-34-35-36-37-38-39-40-41-42-44-45-48-51-54-57-60-63-66-72(75)78-69-70(68-77-71(74)65-62-59-56-53-50-47-24-21-18-15-12-9-6-3)79-73(76)67-64-61-58-55-52-49-46-43-28-26-23-20-17-14-11-8-5-2/h7-12,16-21,25-28,30-31,33-34,36-37,46-47,49-50,70H,4-6,13-15,22-24,29,32,35,38-45,48,51-69H2,1-3H3/b10-7-,11-8-,12-9-,19-16-,20-17-,21-18-,27-25-,28-26-,31-30-,34-33-,37-36-,49-46-,50-47-. The van der Waals surface area contributed by atoms with Gasteiger partial charge in [0.05, 0.1) is 0 Å². The summed E-state index contributed by atoms with van der Waals surface area (Å²) < 4.78 is 16.9. The topological polar surface area (TPSA) is 78.9 Å². The molecule has 0 spiro atoms. The Labute approximate surface area is 486 Å². The highest BCUT2D eigenvalue weighted by atomic mass is 16.6. The molecule has 0 N–H and O–H groups in total. The molecule has 0 fully saturated rings. The number of unbranched alkanes of at least 4 members (excludes halogenated alkanes) is 19. The number of hydrogen-bond donors (Lipinski definition) is 0. The van der Waals surface area contributed by atoms with Crippen molar-refractivity contribution in [3.63, 3.8) is 0 Å². The summed E-state index contributed by atoms with van der Waals surface area (Å²) in [5, 5.41) is 0. The third kappa shape index (κ3) is 63.7. The SMILES string of the molecule is CC/C=C\C/C=C\C/C=C\C/C=C\C/C=C\C/C=C\CCCCCCCCCCCCCCC(=O)OCC(COC(=O)CCCCC/C=C\C/C=C\C/C=C\CC)OC(=O)CCCCCC/C=C\C/C=C\C/C=C\C/C=C\CC. The zero-order valence-corrected chi connectivity index (χ0v) is 50.8. The minimum atomic E-state index is -0.811. The lowest BCUT2D eigenvalue weighted by molar-refractivity contribution is -0.167. The third-order valence-electron chi connectivity index (χ3n) is 13.0. The summed E-state index contributed by atoms with van der Waals surface area (Å²) in [5.74, 6) is -0.963. The zero-order chi connectivity index (χ0) is 57.1. The summed E-state index contributed by atoms with van der Waals surface area (Å²) in [6.45, 7) is 6.25. The van der Waals surface area contributed by atoms with Crippen LogP contribution in [0.4, 0.5) is 0 Å². The van der Waals surface area contributed by atoms with Crippen LogP contribution in [-0.2, 0) is 28.6 Å². The highest BCUT2D eigenvalue weighted by Gasteiger charge is 2.19. The average Bonchev–Trinajstić information content (AvgIpc) is 3.45. The summed E-state index contributed by atoms with van der Waals surface area (Å²) in [5.41, 5.74) is 0. The first-order valence-corrected chi connectivity index (χ1v) is 32.0. The maximum absolute atomic E-state index is 12.9. The van der Waals surface area contributed by atoms with Crippen LogP contribution in [0.25, 0.3) is 0 Å². The Morgan fingerprint density at radius 2 is 0.456 bits per heavy atom. The summed E-state index contributed by atoms with van der Waals surface area (Å²) >= 11 is 0. The average molecular weight is 1090 g/mol. The van der Waals surface area contributed by atoms with Crippen molar-refractivity contribution in [3.05, 3.63) is 158 Å². The van der Waals surface area contributed by atoms with Crippen molar-refractivity contribution >= 4 is 17.9 Å². The Kier molecular flexibility index (Phi) is 61.4. The van der Waals surface area contributed by atoms with Crippen molar-refractivity contribution in [2.75, 3.05) is 13.2 Å². The summed E-state index contributed by atoms with van der Waals surface area (Å²) in [6.07, 6.45) is 95.4. The van der Waals surface area contributed by atoms with E-state index in [1.54, 1.807) is 0 Å². The molecule has 0 aliphatic carbocycles. The van der Waals surface area contributed by atoms with Gasteiger partial charge in [-0.2, -0.15) is 0 Å². The molecule has 0 radical (unpaired) electrons. The molecular formula is C73H116O6. The molecule has 0 rings (SSSR count). The lowest BCUT2D eigenvalue weighted by Gasteiger charge is -2.18. The van der Waals surface area contributed by atoms with Gasteiger partial charge in [-0.25, -0.2) is 0 Å². The first-order valence-electron chi connectivity index (χ1n) is 32.0. The van der Waals surface area contributed by atoms with Gasteiger partial charge in [0.1, 0.15) is 13.2 Å². The largest absolute Gasteiger partial charge is 0.462 e. The minimum absolute atomic E-state index is 0.104. The maximum atomic E-state index is 12.9. The van der Waals surface area contributed by atoms with E-state index in [0.717, 1.165) is 161 Å². The third-order valence-corrected chi connectivity index (χ3v) is 13.0. The van der Waals surface area contributed by atoms with Crippen LogP contribution in [0.1, 0.15) is 265 Å². The predicted molar refractivity (Wildman–Crippen MR) is 343 cm³/mol. The van der Waals surface area contributed by atoms with Gasteiger partial charge >= 0.3 is 17.9 Å². The first kappa shape index (κ1) is 74.0. The summed E-state index contributed by atoms with van der Waals surface area (Å²) in [7, 11) is 0. The highest BCUT2D eigenvalue weighted by Crippen LogP contribution is 2.15. The maximum Gasteiger partial charge on any atom is 0.306 e. The molecule has 0 saturated carbocycles. The van der Waals surface area contributed by atoms with Crippen LogP contribution >= 0.6 is 0 Å². The molecule has 6 nitrogen and oxygen atoms in total. The molecular weight excluding hydrogens is 973 g/mol. The zero-order valence-electron chi connectivity index (χ0n) is 50.8. The number of esters is 3. The molecule has 444 valence electrons. The van der Waals surface area contributed by atoms with E-state index in [-0.39, 0.29) is 37.5 Å². The second kappa shape index (κ2) is 65.5. The lowest BCUT2D eigenvalue weighted by atomic mass is 10.0. The van der Waals surface area contributed by atoms with Gasteiger partial charge in [0, 0.05) is 19.3 Å². The molecule has 1 unspecified atom stereocenters. The molecule has 1 atom stereocenters. The number of ether oxygens (including phenoxy) is 3. The van der Waals surface area contributed by atoms with E-state index < -0.39 is 6.10 Å². The molecule has 0 heterocycles. The second-order valence-electron chi connectivity index (χ2n) is 20.5. The number of allylic oxidation sites excluding steroid dienone is 26. The van der Waals surface area contributed by atoms with E-state index in [1.807, 2.05) is 0 Å². The van der Waals surface area contributed by atoms with Crippen LogP contribution in [0.2, 0.25) is 0 Å². The van der Waals surface area contributed by atoms with Crippen molar-refractivity contribution in [2.24, 2.45) is 0 Å². The molecule has 0 saturated heterocycles. The molecule has 0 aliphatic rings. The number of carbonyl (C=O) groups excluding carboxylic acids is 3. The number of carbonyl (C=O) groups is 3. The van der Waals surface area contributed by atoms with Crippen molar-refractivity contribution in [1.82, 2.24) is 0 Å². The Balaban J connectivity index is 4.32. The molecule has 6 heteroatoms. The first-order chi connectivity index (χ1) is 39.0. The van der Waals surface area contributed by atoms with Crippen molar-refractivity contribution < 1.29 is 28.6 Å². The Hall–Kier alpha value is -4.97. The van der Waals surface area contributed by atoms with Crippen LogP contribution in [0.5, 0.6) is 0 Å². The molecule has 0 bridgehead atoms. The second-order valence-corrected chi connectivity index (χ2v) is 20.5. The van der Waals surface area contributed by atoms with E-state index in [9.17, 15) is 14.4 Å². The predicted octanol–water partition coefficient (Wildman–Crippen LogP) is 22.1. The molecule has 0 aliphatic heterocycles. The van der Waals surface area contributed by atoms with E-state index in [1.165, 1.54) is 64.2 Å². The molecule has 0 aromatic rings. The number of rotatable bonds is 56. The van der Waals surface area contributed by atoms with Crippen LogP contribution < -0.4 is 0 Å². The lowest BCUT2D eigenvalue weighted by Crippen LogP contribution is -2.30. The Morgan fingerprint density at radius 1 is 0.253 bits per heavy atom. The van der Waals surface area contributed by atoms with Gasteiger partial charge < -0.3 is 14.2 Å². The van der Waals surface area contributed by atoms with Crippen molar-refractivity contribution in [2.45, 2.75) is 271 Å². The van der Waals surface area contributed by atoms with E-state index in [4.69, 9.17) is 14.2 Å². The van der Waals surface area contributed by atoms with Crippen molar-refractivity contribution in [1.29, 1.82) is 0 Å². The molecule has 79 heavy (non-hydrogen) atoms. The van der Waals surface area contributed by atoms with Crippen LogP contribution in [0, 0.1) is 0 Å². The molecule has 0 amide bonds. The van der Waals surface area contributed by atoms with E-state index in [2.05, 4.69) is 179 Å². The van der Waals surface area contributed by atoms with Gasteiger partial charge in [0.25, 0.3) is 0 Å². The van der Waals surface area contributed by atoms with E-state index >= 15 is 0 Å². The van der Waals surface area contributed by atoms with Gasteiger partial charge in [0.2, 0.25) is 0 Å². The van der Waals surface area contributed by atoms with Gasteiger partial charge in [0.15, 0.2) is 6.10 Å². The summed E-state index contributed by atoms with van der Waals surface area (Å²) in [6, 6.07) is 0. The molecule has 0 aromatic heterocycles. The quantitative estimate of drug-likeness (QED) is 0.0261. The fraction of sp³-hybridized carbons (Fsp3) is 0.603. The van der Waals surface area contributed by atoms with Gasteiger partial charge in [-0.3, -0.25) is 14.4 Å². The van der Waals surface area contributed by atoms with Crippen LogP contribution in [-0.4, -0.2) is 37.2 Å². The van der Waals surface area contributed by atoms with Crippen LogP contribution in [0.3, 0.4) is 0 Å². The summed E-state index contributed by atoms with van der Waals surface area (Å²) in [4.78, 5) is 38.3. The van der Waals surface area contributed by atoms with Gasteiger partial charge in [-0.15, -0.1) is 0 Å². The fourth-order valence-electron chi connectivity index (χ4n) is 8.33. The van der Waals surface area contributed by atoms with Gasteiger partial charge in [-0.1, -0.05) is 262 Å². The Morgan fingerprint density at radius 3 is 0.722 bits per heavy atom. The molecule has 0 aromatic carbocycles. The van der Waals surface area contributed by atoms with Gasteiger partial charge in [-0.05, 0) is 141 Å².